The maximum Gasteiger partial charge on any atom is 0.220 e. The Morgan fingerprint density at radius 3 is 2.59 bits per heavy atom. The number of hydrogen-bond acceptors (Lipinski definition) is 7. The number of piperidine rings is 1. The average Bonchev–Trinajstić information content (AvgIpc) is 3.28. The van der Waals surface area contributed by atoms with Gasteiger partial charge in [0, 0.05) is 41.4 Å². The zero-order chi connectivity index (χ0) is 24.7. The number of aliphatic imine (C=N–C) groups is 1. The van der Waals surface area contributed by atoms with Gasteiger partial charge in [0.1, 0.15) is 5.82 Å². The minimum Gasteiger partial charge on any atom is -0.383 e. The number of carbonyl (C=O) groups is 1. The van der Waals surface area contributed by atoms with E-state index in [1.54, 1.807) is 17.8 Å². The van der Waals surface area contributed by atoms with Crippen molar-refractivity contribution in [1.82, 2.24) is 19.7 Å². The molecule has 180 valence electrons. The van der Waals surface area contributed by atoms with Crippen LogP contribution in [0.4, 0.5) is 5.82 Å². The Balaban J connectivity index is 0.00000158. The quantitative estimate of drug-likeness (QED) is 0.461. The molecule has 1 fully saturated rings. The Morgan fingerprint density at radius 2 is 1.91 bits per heavy atom. The predicted octanol–water partition coefficient (Wildman–Crippen LogP) is 2.92. The van der Waals surface area contributed by atoms with Gasteiger partial charge in [0.15, 0.2) is 5.82 Å². The van der Waals surface area contributed by atoms with E-state index >= 15 is 0 Å². The van der Waals surface area contributed by atoms with Crippen LogP contribution < -0.4 is 17.2 Å². The lowest BCUT2D eigenvalue weighted by molar-refractivity contribution is -0.123. The van der Waals surface area contributed by atoms with Crippen LogP contribution in [0.25, 0.3) is 27.9 Å². The predicted molar refractivity (Wildman–Crippen MR) is 139 cm³/mol. The van der Waals surface area contributed by atoms with Crippen LogP contribution in [0.2, 0.25) is 0 Å². The maximum atomic E-state index is 11.4. The molecule has 6 N–H and O–H groups in total. The van der Waals surface area contributed by atoms with Crippen LogP contribution in [0.3, 0.4) is 0 Å². The van der Waals surface area contributed by atoms with Crippen molar-refractivity contribution in [2.24, 2.45) is 28.1 Å². The van der Waals surface area contributed by atoms with Crippen LogP contribution in [-0.4, -0.2) is 58.5 Å². The van der Waals surface area contributed by atoms with Crippen molar-refractivity contribution >= 4 is 46.3 Å². The summed E-state index contributed by atoms with van der Waals surface area (Å²) in [4.78, 5) is 22.9. The van der Waals surface area contributed by atoms with Crippen LogP contribution in [0, 0.1) is 5.92 Å². The van der Waals surface area contributed by atoms with E-state index in [1.165, 1.54) is 7.05 Å². The number of hydrogen-bond donors (Lipinski definition) is 3. The van der Waals surface area contributed by atoms with Gasteiger partial charge >= 0.3 is 0 Å². The molecule has 0 saturated carbocycles. The average molecular weight is 483 g/mol. The Labute approximate surface area is 204 Å². The van der Waals surface area contributed by atoms with Crippen molar-refractivity contribution in [3.63, 3.8) is 0 Å². The first-order chi connectivity index (χ1) is 16.4. The normalized spacial score (nSPS) is 15.8. The Bertz CT molecular complexity index is 1190. The molecular weight excluding hydrogens is 452 g/mol. The van der Waals surface area contributed by atoms with E-state index in [1.807, 2.05) is 36.7 Å². The molecule has 4 rings (SSSR count). The number of likely N-dealkylation sites (tertiary alicyclic amines) is 1. The number of para-hydroxylation sites is 1. The Morgan fingerprint density at radius 1 is 1.21 bits per heavy atom. The monoisotopic (exact) mass is 482 g/mol. The third-order valence-corrected chi connectivity index (χ3v) is 5.96. The van der Waals surface area contributed by atoms with Gasteiger partial charge < -0.3 is 17.2 Å². The zero-order valence-corrected chi connectivity index (χ0v) is 20.2. The highest BCUT2D eigenvalue weighted by Crippen LogP contribution is 2.33. The van der Waals surface area contributed by atoms with Crippen LogP contribution in [-0.2, 0) is 4.79 Å². The van der Waals surface area contributed by atoms with E-state index in [4.69, 9.17) is 28.1 Å². The second-order valence-corrected chi connectivity index (χ2v) is 8.48. The summed E-state index contributed by atoms with van der Waals surface area (Å²) in [5.41, 5.74) is 18.7. The number of nitrogens with zero attached hydrogens (tertiary/aromatic N) is 5. The van der Waals surface area contributed by atoms with Gasteiger partial charge in [0.25, 0.3) is 0 Å². The molecule has 0 bridgehead atoms. The number of benzene rings is 1. The lowest BCUT2D eigenvalue weighted by Crippen LogP contribution is -2.39. The first-order valence-electron chi connectivity index (χ1n) is 11.1. The molecule has 0 atom stereocenters. The van der Waals surface area contributed by atoms with Crippen LogP contribution in [0.15, 0.2) is 52.8 Å². The summed E-state index contributed by atoms with van der Waals surface area (Å²) in [5, 5.41) is 5.89. The number of fused-ring (bicyclic) bond motifs is 1. The molecule has 2 aromatic heterocycles. The Hall–Kier alpha value is -3.27. The number of amides is 1. The molecule has 0 aliphatic carbocycles. The van der Waals surface area contributed by atoms with Crippen LogP contribution >= 0.6 is 11.6 Å². The van der Waals surface area contributed by atoms with Crippen molar-refractivity contribution in [3.05, 3.63) is 47.8 Å². The standard InChI is InChI=1S/C23H26ClN7O.CH5N/c1-15(24)21(25)31-23(27-8-11-30-9-6-16(7-10-30)22(26)32)19(14-29-31)18-12-17-4-2-3-5-20(17)28-13-18;1-2/h2-5,8,12-14,16H,6-7,9-11,25H2,1H3,(H2,26,32);2H2,1H3/b21-15+,27-8+;. The van der Waals surface area contributed by atoms with Gasteiger partial charge in [0.2, 0.25) is 5.91 Å². The molecule has 3 aromatic rings. The smallest absolute Gasteiger partial charge is 0.220 e. The van der Waals surface area contributed by atoms with E-state index in [2.05, 4.69) is 26.8 Å². The second-order valence-electron chi connectivity index (χ2n) is 7.92. The number of rotatable bonds is 6. The molecule has 0 spiro atoms. The highest BCUT2D eigenvalue weighted by atomic mass is 35.5. The molecule has 1 amide bonds. The summed E-state index contributed by atoms with van der Waals surface area (Å²) in [5.74, 6) is 0.663. The molecule has 1 saturated heterocycles. The molecule has 9 nitrogen and oxygen atoms in total. The van der Waals surface area contributed by atoms with Gasteiger partial charge in [0.05, 0.1) is 16.7 Å². The molecule has 10 heteroatoms. The minimum atomic E-state index is -0.213. The molecule has 1 aromatic carbocycles. The first-order valence-corrected chi connectivity index (χ1v) is 11.5. The lowest BCUT2D eigenvalue weighted by atomic mass is 9.96. The van der Waals surface area contributed by atoms with Gasteiger partial charge in [-0.1, -0.05) is 29.8 Å². The molecule has 0 unspecified atom stereocenters. The van der Waals surface area contributed by atoms with E-state index in [0.717, 1.165) is 48.0 Å². The number of nitrogens with two attached hydrogens (primary N) is 3. The zero-order valence-electron chi connectivity index (χ0n) is 19.5. The number of aromatic nitrogens is 3. The second kappa shape index (κ2) is 11.7. The SMILES string of the molecule is C/C(Cl)=C(/N)n1ncc(-c2cnc3ccccc3c2)c1/N=C/CN1CCC(C(N)=O)CC1.CN. The Kier molecular flexibility index (Phi) is 8.75. The number of carbonyl (C=O) groups excluding carboxylic acids is 1. The van der Waals surface area contributed by atoms with E-state index in [0.29, 0.717) is 23.2 Å². The summed E-state index contributed by atoms with van der Waals surface area (Å²) in [7, 11) is 1.50. The highest BCUT2D eigenvalue weighted by Gasteiger charge is 2.22. The van der Waals surface area contributed by atoms with Crippen LogP contribution in [0.1, 0.15) is 19.8 Å². The largest absolute Gasteiger partial charge is 0.383 e. The van der Waals surface area contributed by atoms with Gasteiger partial charge in [-0.3, -0.25) is 14.7 Å². The third kappa shape index (κ3) is 5.80. The summed E-state index contributed by atoms with van der Waals surface area (Å²) >= 11 is 6.15. The molecule has 1 aliphatic heterocycles. The van der Waals surface area contributed by atoms with Gasteiger partial charge in [-0.15, -0.1) is 0 Å². The molecular formula is C24H31ClN8O. The van der Waals surface area contributed by atoms with Crippen molar-refractivity contribution in [3.8, 4) is 11.1 Å². The fraction of sp³-hybridized carbons (Fsp3) is 0.333. The third-order valence-electron chi connectivity index (χ3n) is 5.77. The number of primary amides is 1. The highest BCUT2D eigenvalue weighted by molar-refractivity contribution is 6.31. The first kappa shape index (κ1) is 25.4. The summed E-state index contributed by atoms with van der Waals surface area (Å²) < 4.78 is 1.54. The van der Waals surface area contributed by atoms with Crippen molar-refractivity contribution in [2.75, 3.05) is 26.7 Å². The number of allylic oxidation sites excluding steroid dienone is 1. The summed E-state index contributed by atoms with van der Waals surface area (Å²) in [6, 6.07) is 10.00. The maximum absolute atomic E-state index is 11.4. The van der Waals surface area contributed by atoms with Crippen LogP contribution in [0.5, 0.6) is 0 Å². The van der Waals surface area contributed by atoms with Crippen molar-refractivity contribution in [2.45, 2.75) is 19.8 Å². The van der Waals surface area contributed by atoms with E-state index < -0.39 is 0 Å². The summed E-state index contributed by atoms with van der Waals surface area (Å²) in [6.07, 6.45) is 6.92. The molecule has 0 radical (unpaired) electrons. The fourth-order valence-electron chi connectivity index (χ4n) is 3.85. The fourth-order valence-corrected chi connectivity index (χ4v) is 3.93. The molecule has 1 aliphatic rings. The summed E-state index contributed by atoms with van der Waals surface area (Å²) in [6.45, 7) is 3.98. The number of pyridine rings is 1. The topological polar surface area (TPSA) is 141 Å². The van der Waals surface area contributed by atoms with Crippen molar-refractivity contribution < 1.29 is 4.79 Å². The molecule has 3 heterocycles. The van der Waals surface area contributed by atoms with Gasteiger partial charge in [-0.25, -0.2) is 4.99 Å². The number of halogens is 1. The van der Waals surface area contributed by atoms with Crippen molar-refractivity contribution in [1.29, 1.82) is 0 Å². The molecule has 34 heavy (non-hydrogen) atoms. The van der Waals surface area contributed by atoms with Gasteiger partial charge in [-0.2, -0.15) is 9.78 Å². The lowest BCUT2D eigenvalue weighted by Gasteiger charge is -2.29. The van der Waals surface area contributed by atoms with Gasteiger partial charge in [-0.05, 0) is 52.0 Å². The minimum absolute atomic E-state index is 0.0340. The van der Waals surface area contributed by atoms with E-state index in [-0.39, 0.29) is 11.8 Å². The van der Waals surface area contributed by atoms with E-state index in [9.17, 15) is 4.79 Å².